The summed E-state index contributed by atoms with van der Waals surface area (Å²) in [5.41, 5.74) is 0.804. The van der Waals surface area contributed by atoms with Crippen molar-refractivity contribution in [2.24, 2.45) is 7.05 Å². The minimum atomic E-state index is -3.65. The molecule has 0 amide bonds. The van der Waals surface area contributed by atoms with Crippen LogP contribution in [0.5, 0.6) is 0 Å². The van der Waals surface area contributed by atoms with Gasteiger partial charge in [0, 0.05) is 24.5 Å². The second-order valence-corrected chi connectivity index (χ2v) is 7.26. The van der Waals surface area contributed by atoms with Gasteiger partial charge in [0.15, 0.2) is 5.58 Å². The Kier molecular flexibility index (Phi) is 3.44. The van der Waals surface area contributed by atoms with Crippen molar-refractivity contribution in [3.05, 3.63) is 51.1 Å². The van der Waals surface area contributed by atoms with E-state index in [0.29, 0.717) is 5.52 Å². The molecule has 0 unspecified atom stereocenters. The van der Waals surface area contributed by atoms with Crippen molar-refractivity contribution in [2.75, 3.05) is 0 Å². The lowest BCUT2D eigenvalue weighted by molar-refractivity contribution is 0.527. The number of aromatic nitrogens is 1. The Hall–Kier alpha value is -1.90. The minimum Gasteiger partial charge on any atom is -0.408 e. The van der Waals surface area contributed by atoms with E-state index in [9.17, 15) is 13.2 Å². The van der Waals surface area contributed by atoms with Crippen LogP contribution < -0.4 is 10.5 Å². The first-order valence-corrected chi connectivity index (χ1v) is 8.45. The van der Waals surface area contributed by atoms with Crippen molar-refractivity contribution in [3.63, 3.8) is 0 Å². The van der Waals surface area contributed by atoms with Gasteiger partial charge in [-0.15, -0.1) is 11.3 Å². The van der Waals surface area contributed by atoms with Gasteiger partial charge in [-0.2, -0.15) is 0 Å². The molecule has 110 valence electrons. The number of thiophene rings is 1. The maximum absolute atomic E-state index is 12.2. The van der Waals surface area contributed by atoms with Gasteiger partial charge < -0.3 is 4.42 Å². The Morgan fingerprint density at radius 2 is 2.14 bits per heavy atom. The third-order valence-electron chi connectivity index (χ3n) is 3.09. The van der Waals surface area contributed by atoms with E-state index < -0.39 is 15.8 Å². The standard InChI is InChI=1S/C13H12N2O4S2/c1-15-11-5-4-10(7-12(11)19-13(15)16)21(17,18)14-8-9-3-2-6-20-9/h2-7,14H,8H2,1H3. The van der Waals surface area contributed by atoms with Crippen LogP contribution in [0.1, 0.15) is 4.88 Å². The molecule has 3 rings (SSSR count). The van der Waals surface area contributed by atoms with Gasteiger partial charge in [-0.1, -0.05) is 6.07 Å². The number of hydrogen-bond donors (Lipinski definition) is 1. The van der Waals surface area contributed by atoms with Gasteiger partial charge in [0.1, 0.15) is 0 Å². The summed E-state index contributed by atoms with van der Waals surface area (Å²) in [7, 11) is -2.08. The molecule has 0 saturated carbocycles. The molecule has 21 heavy (non-hydrogen) atoms. The smallest absolute Gasteiger partial charge is 0.408 e. The second kappa shape index (κ2) is 5.14. The van der Waals surface area contributed by atoms with Crippen LogP contribution in [0.25, 0.3) is 11.1 Å². The van der Waals surface area contributed by atoms with Gasteiger partial charge in [0.05, 0.1) is 10.4 Å². The fraction of sp³-hybridized carbons (Fsp3) is 0.154. The predicted molar refractivity (Wildman–Crippen MR) is 79.8 cm³/mol. The molecule has 0 radical (unpaired) electrons. The summed E-state index contributed by atoms with van der Waals surface area (Å²) in [6, 6.07) is 8.08. The van der Waals surface area contributed by atoms with Crippen LogP contribution in [0, 0.1) is 0 Å². The first-order valence-electron chi connectivity index (χ1n) is 6.09. The lowest BCUT2D eigenvalue weighted by Gasteiger charge is -2.05. The molecule has 0 aliphatic rings. The quantitative estimate of drug-likeness (QED) is 0.791. The van der Waals surface area contributed by atoms with E-state index in [2.05, 4.69) is 4.72 Å². The highest BCUT2D eigenvalue weighted by molar-refractivity contribution is 7.89. The Balaban J connectivity index is 1.93. The normalized spacial score (nSPS) is 12.0. The molecule has 0 spiro atoms. The maximum Gasteiger partial charge on any atom is 0.419 e. The van der Waals surface area contributed by atoms with Crippen molar-refractivity contribution in [3.8, 4) is 0 Å². The third kappa shape index (κ3) is 2.65. The van der Waals surface area contributed by atoms with Gasteiger partial charge in [0.2, 0.25) is 10.0 Å². The number of hydrogen-bond acceptors (Lipinski definition) is 5. The number of sulfonamides is 1. The summed E-state index contributed by atoms with van der Waals surface area (Å²) >= 11 is 1.48. The average molecular weight is 324 g/mol. The maximum atomic E-state index is 12.2. The van der Waals surface area contributed by atoms with E-state index in [1.807, 2.05) is 17.5 Å². The van der Waals surface area contributed by atoms with Crippen molar-refractivity contribution >= 4 is 32.5 Å². The van der Waals surface area contributed by atoms with Crippen LogP contribution in [0.4, 0.5) is 0 Å². The van der Waals surface area contributed by atoms with E-state index in [1.54, 1.807) is 13.1 Å². The highest BCUT2D eigenvalue weighted by Gasteiger charge is 2.16. The minimum absolute atomic E-state index is 0.0703. The second-order valence-electron chi connectivity index (χ2n) is 4.46. The number of benzene rings is 1. The predicted octanol–water partition coefficient (Wildman–Crippen LogP) is 1.67. The van der Waals surface area contributed by atoms with Crippen molar-refractivity contribution < 1.29 is 12.8 Å². The van der Waals surface area contributed by atoms with E-state index in [-0.39, 0.29) is 17.0 Å². The number of aryl methyl sites for hydroxylation is 1. The number of nitrogens with one attached hydrogen (secondary N) is 1. The number of oxazole rings is 1. The Labute approximate surface area is 124 Å². The Morgan fingerprint density at radius 1 is 1.33 bits per heavy atom. The molecule has 0 bridgehead atoms. The highest BCUT2D eigenvalue weighted by Crippen LogP contribution is 2.18. The molecule has 0 aliphatic carbocycles. The zero-order valence-electron chi connectivity index (χ0n) is 11.1. The summed E-state index contributed by atoms with van der Waals surface area (Å²) in [5, 5.41) is 1.88. The van der Waals surface area contributed by atoms with Crippen LogP contribution >= 0.6 is 11.3 Å². The molecule has 0 aliphatic heterocycles. The number of rotatable bonds is 4. The van der Waals surface area contributed by atoms with E-state index in [1.165, 1.54) is 28.0 Å². The lowest BCUT2D eigenvalue weighted by atomic mass is 10.3. The monoisotopic (exact) mass is 324 g/mol. The summed E-state index contributed by atoms with van der Waals surface area (Å²) in [5.74, 6) is -0.522. The van der Waals surface area contributed by atoms with Gasteiger partial charge in [-0.05, 0) is 23.6 Å². The van der Waals surface area contributed by atoms with Gasteiger partial charge >= 0.3 is 5.76 Å². The molecule has 6 nitrogen and oxygen atoms in total. The Bertz CT molecular complexity index is 936. The molecule has 8 heteroatoms. The molecular formula is C13H12N2O4S2. The molecule has 0 saturated heterocycles. The van der Waals surface area contributed by atoms with Gasteiger partial charge in [0.25, 0.3) is 0 Å². The molecule has 2 heterocycles. The zero-order valence-corrected chi connectivity index (χ0v) is 12.7. The van der Waals surface area contributed by atoms with Crippen molar-refractivity contribution in [2.45, 2.75) is 11.4 Å². The highest BCUT2D eigenvalue weighted by atomic mass is 32.2. The van der Waals surface area contributed by atoms with Crippen LogP contribution in [-0.2, 0) is 23.6 Å². The summed E-state index contributed by atoms with van der Waals surface area (Å²) in [4.78, 5) is 12.4. The Morgan fingerprint density at radius 3 is 2.86 bits per heavy atom. The topological polar surface area (TPSA) is 81.3 Å². The molecule has 3 aromatic rings. The lowest BCUT2D eigenvalue weighted by Crippen LogP contribution is -2.22. The molecule has 1 N–H and O–H groups in total. The molecule has 1 aromatic carbocycles. The first kappa shape index (κ1) is 14.1. The van der Waals surface area contributed by atoms with Crippen molar-refractivity contribution in [1.29, 1.82) is 0 Å². The third-order valence-corrected chi connectivity index (χ3v) is 5.37. The van der Waals surface area contributed by atoms with Crippen molar-refractivity contribution in [1.82, 2.24) is 9.29 Å². The number of fused-ring (bicyclic) bond motifs is 1. The van der Waals surface area contributed by atoms with Crippen LogP contribution in [0.3, 0.4) is 0 Å². The summed E-state index contributed by atoms with van der Waals surface area (Å²) in [6.07, 6.45) is 0. The molecule has 0 atom stereocenters. The fourth-order valence-corrected chi connectivity index (χ4v) is 3.70. The molecular weight excluding hydrogens is 312 g/mol. The van der Waals surface area contributed by atoms with Crippen LogP contribution in [0.2, 0.25) is 0 Å². The zero-order chi connectivity index (χ0) is 15.0. The summed E-state index contributed by atoms with van der Waals surface area (Å²) < 4.78 is 33.3. The molecule has 2 aromatic heterocycles. The molecule has 0 fully saturated rings. The van der Waals surface area contributed by atoms with Gasteiger partial charge in [-0.25, -0.2) is 17.9 Å². The number of nitrogens with zero attached hydrogens (tertiary/aromatic N) is 1. The van der Waals surface area contributed by atoms with Gasteiger partial charge in [-0.3, -0.25) is 4.57 Å². The van der Waals surface area contributed by atoms with Crippen LogP contribution in [0.15, 0.2) is 49.8 Å². The average Bonchev–Trinajstić information content (AvgIpc) is 3.06. The largest absolute Gasteiger partial charge is 0.419 e. The van der Waals surface area contributed by atoms with E-state index in [0.717, 1.165) is 4.88 Å². The fourth-order valence-electron chi connectivity index (χ4n) is 1.94. The van der Waals surface area contributed by atoms with E-state index in [4.69, 9.17) is 4.42 Å². The van der Waals surface area contributed by atoms with Crippen LogP contribution in [-0.4, -0.2) is 13.0 Å². The first-order chi connectivity index (χ1) is 9.97. The SMILES string of the molecule is Cn1c(=O)oc2cc(S(=O)(=O)NCc3cccs3)ccc21. The summed E-state index contributed by atoms with van der Waals surface area (Å²) in [6.45, 7) is 0.233. The van der Waals surface area contributed by atoms with E-state index >= 15 is 0 Å².